The molecule has 21 heavy (non-hydrogen) atoms. The highest BCUT2D eigenvalue weighted by Gasteiger charge is 2.31. The van der Waals surface area contributed by atoms with Gasteiger partial charge in [0.05, 0.1) is 6.04 Å². The van der Waals surface area contributed by atoms with E-state index in [2.05, 4.69) is 30.9 Å². The summed E-state index contributed by atoms with van der Waals surface area (Å²) >= 11 is 0. The lowest BCUT2D eigenvalue weighted by Crippen LogP contribution is -2.21. The van der Waals surface area contributed by atoms with Crippen LogP contribution in [0.5, 0.6) is 0 Å². The quantitative estimate of drug-likeness (QED) is 0.915. The Kier molecular flexibility index (Phi) is 4.75. The zero-order valence-corrected chi connectivity index (χ0v) is 13.0. The minimum absolute atomic E-state index is 0.112. The molecular weight excluding hydrogens is 266 g/mol. The van der Waals surface area contributed by atoms with Gasteiger partial charge in [0.1, 0.15) is 6.10 Å². The molecule has 0 saturated heterocycles. The fourth-order valence-electron chi connectivity index (χ4n) is 2.31. The summed E-state index contributed by atoms with van der Waals surface area (Å²) < 4.78 is 10.8. The monoisotopic (exact) mass is 289 g/mol. The Labute approximate surface area is 125 Å². The van der Waals surface area contributed by atoms with Crippen molar-refractivity contribution in [3.05, 3.63) is 47.6 Å². The van der Waals surface area contributed by atoms with Crippen molar-refractivity contribution in [1.82, 2.24) is 10.1 Å². The highest BCUT2D eigenvalue weighted by molar-refractivity contribution is 5.16. The Hall–Kier alpha value is -1.72. The number of ether oxygens (including phenoxy) is 1. The lowest BCUT2D eigenvalue weighted by molar-refractivity contribution is 0.00718. The van der Waals surface area contributed by atoms with Gasteiger partial charge in [-0.05, 0) is 17.4 Å². The Balaban J connectivity index is 2.12. The van der Waals surface area contributed by atoms with Gasteiger partial charge in [-0.1, -0.05) is 56.3 Å². The number of rotatable bonds is 5. The summed E-state index contributed by atoms with van der Waals surface area (Å²) in [5.41, 5.74) is 7.18. The van der Waals surface area contributed by atoms with Crippen LogP contribution in [0.1, 0.15) is 50.2 Å². The van der Waals surface area contributed by atoms with Gasteiger partial charge in [0.15, 0.2) is 0 Å². The van der Waals surface area contributed by atoms with E-state index in [1.54, 1.807) is 7.11 Å². The molecule has 0 aliphatic rings. The van der Waals surface area contributed by atoms with E-state index in [1.807, 2.05) is 30.3 Å². The number of methoxy groups -OCH3 is 1. The maximum atomic E-state index is 6.15. The van der Waals surface area contributed by atoms with Gasteiger partial charge < -0.3 is 15.0 Å². The number of aromatic nitrogens is 2. The molecule has 0 spiro atoms. The highest BCUT2D eigenvalue weighted by Crippen LogP contribution is 2.34. The van der Waals surface area contributed by atoms with E-state index in [0.29, 0.717) is 18.1 Å². The average molecular weight is 289 g/mol. The molecule has 1 unspecified atom stereocenters. The summed E-state index contributed by atoms with van der Waals surface area (Å²) in [6.07, 6.45) is 0.439. The molecule has 5 heteroatoms. The molecule has 0 radical (unpaired) electrons. The van der Waals surface area contributed by atoms with E-state index in [4.69, 9.17) is 15.0 Å². The third-order valence-electron chi connectivity index (χ3n) is 3.33. The van der Waals surface area contributed by atoms with E-state index in [9.17, 15) is 0 Å². The highest BCUT2D eigenvalue weighted by atomic mass is 16.5. The molecule has 1 aromatic carbocycles. The number of nitrogens with two attached hydrogens (primary N) is 1. The first-order valence-corrected chi connectivity index (χ1v) is 7.07. The van der Waals surface area contributed by atoms with E-state index in [1.165, 1.54) is 0 Å². The molecule has 1 aromatic heterocycles. The number of benzene rings is 1. The van der Waals surface area contributed by atoms with E-state index >= 15 is 0 Å². The normalized spacial score (nSPS) is 14.9. The first kappa shape index (κ1) is 15.7. The molecular formula is C16H23N3O2. The molecule has 2 N–H and O–H groups in total. The van der Waals surface area contributed by atoms with Crippen LogP contribution >= 0.6 is 0 Å². The predicted molar refractivity (Wildman–Crippen MR) is 80.6 cm³/mol. The summed E-state index contributed by atoms with van der Waals surface area (Å²) in [5.74, 6) is 0.990. The van der Waals surface area contributed by atoms with Crippen molar-refractivity contribution in [2.45, 2.75) is 39.3 Å². The zero-order valence-electron chi connectivity index (χ0n) is 13.0. The molecule has 1 heterocycles. The summed E-state index contributed by atoms with van der Waals surface area (Å²) in [6, 6.07) is 9.70. The smallest absolute Gasteiger partial charge is 0.243 e. The van der Waals surface area contributed by atoms with Crippen molar-refractivity contribution < 1.29 is 9.26 Å². The molecule has 5 nitrogen and oxygen atoms in total. The van der Waals surface area contributed by atoms with Crippen LogP contribution in [0, 0.1) is 5.41 Å². The lowest BCUT2D eigenvalue weighted by atomic mass is 9.88. The van der Waals surface area contributed by atoms with E-state index in [0.717, 1.165) is 5.56 Å². The van der Waals surface area contributed by atoms with Crippen LogP contribution in [-0.2, 0) is 11.2 Å². The lowest BCUT2D eigenvalue weighted by Gasteiger charge is -2.26. The van der Waals surface area contributed by atoms with Gasteiger partial charge in [0.2, 0.25) is 11.7 Å². The van der Waals surface area contributed by atoms with Crippen LogP contribution in [0.3, 0.4) is 0 Å². The zero-order chi connectivity index (χ0) is 15.5. The van der Waals surface area contributed by atoms with Crippen molar-refractivity contribution in [2.24, 2.45) is 11.1 Å². The van der Waals surface area contributed by atoms with Crippen LogP contribution in [0.15, 0.2) is 34.9 Å². The molecule has 0 bridgehead atoms. The van der Waals surface area contributed by atoms with Gasteiger partial charge in [-0.25, -0.2) is 0 Å². The summed E-state index contributed by atoms with van der Waals surface area (Å²) in [7, 11) is 1.65. The summed E-state index contributed by atoms with van der Waals surface area (Å²) in [4.78, 5) is 4.42. The molecule has 2 atom stereocenters. The number of hydrogen-bond acceptors (Lipinski definition) is 5. The first-order chi connectivity index (χ1) is 9.91. The van der Waals surface area contributed by atoms with Crippen molar-refractivity contribution in [2.75, 3.05) is 7.11 Å². The largest absolute Gasteiger partial charge is 0.373 e. The molecule has 0 aliphatic heterocycles. The molecule has 0 aliphatic carbocycles. The van der Waals surface area contributed by atoms with Crippen molar-refractivity contribution in [1.29, 1.82) is 0 Å². The standard InChI is InChI=1S/C16H23N3O2/c1-16(2,3)13(20-4)14-18-15(21-19-14)12(17)10-11-8-6-5-7-9-11/h5-9,12-13H,10,17H2,1-4H3/t12-,13?/m0/s1. The van der Waals surface area contributed by atoms with Gasteiger partial charge in [-0.3, -0.25) is 0 Å². The topological polar surface area (TPSA) is 74.2 Å². The Morgan fingerprint density at radius 2 is 1.90 bits per heavy atom. The SMILES string of the molecule is COC(c1noc([C@@H](N)Cc2ccccc2)n1)C(C)(C)C. The minimum Gasteiger partial charge on any atom is -0.373 e. The Bertz CT molecular complexity index is 560. The summed E-state index contributed by atoms with van der Waals surface area (Å²) in [5, 5.41) is 4.03. The summed E-state index contributed by atoms with van der Waals surface area (Å²) in [6.45, 7) is 6.21. The third kappa shape index (κ3) is 3.89. The van der Waals surface area contributed by atoms with Crippen LogP contribution in [0.2, 0.25) is 0 Å². The Morgan fingerprint density at radius 3 is 2.48 bits per heavy atom. The first-order valence-electron chi connectivity index (χ1n) is 7.07. The predicted octanol–water partition coefficient (Wildman–Crippen LogP) is 3.05. The van der Waals surface area contributed by atoms with Crippen molar-refractivity contribution in [3.8, 4) is 0 Å². The van der Waals surface area contributed by atoms with Gasteiger partial charge >= 0.3 is 0 Å². The van der Waals surface area contributed by atoms with Gasteiger partial charge in [0, 0.05) is 7.11 Å². The van der Waals surface area contributed by atoms with Crippen molar-refractivity contribution in [3.63, 3.8) is 0 Å². The number of nitrogens with zero attached hydrogens (tertiary/aromatic N) is 2. The molecule has 114 valence electrons. The van der Waals surface area contributed by atoms with Gasteiger partial charge in [0.25, 0.3) is 0 Å². The number of hydrogen-bond donors (Lipinski definition) is 1. The van der Waals surface area contributed by atoms with Crippen LogP contribution in [0.4, 0.5) is 0 Å². The van der Waals surface area contributed by atoms with E-state index < -0.39 is 0 Å². The molecule has 2 rings (SSSR count). The second-order valence-electron chi connectivity index (χ2n) is 6.27. The minimum atomic E-state index is -0.314. The van der Waals surface area contributed by atoms with Crippen LogP contribution in [0.25, 0.3) is 0 Å². The fraction of sp³-hybridized carbons (Fsp3) is 0.500. The molecule has 0 amide bonds. The van der Waals surface area contributed by atoms with Gasteiger partial charge in [-0.15, -0.1) is 0 Å². The second kappa shape index (κ2) is 6.37. The average Bonchev–Trinajstić information content (AvgIpc) is 2.88. The fourth-order valence-corrected chi connectivity index (χ4v) is 2.31. The van der Waals surface area contributed by atoms with Crippen LogP contribution < -0.4 is 5.73 Å². The van der Waals surface area contributed by atoms with Crippen molar-refractivity contribution >= 4 is 0 Å². The Morgan fingerprint density at radius 1 is 1.24 bits per heavy atom. The third-order valence-corrected chi connectivity index (χ3v) is 3.33. The van der Waals surface area contributed by atoms with E-state index in [-0.39, 0.29) is 17.6 Å². The molecule has 0 fully saturated rings. The van der Waals surface area contributed by atoms with Crippen LogP contribution in [-0.4, -0.2) is 17.3 Å². The molecule has 2 aromatic rings. The maximum absolute atomic E-state index is 6.15. The maximum Gasteiger partial charge on any atom is 0.243 e. The molecule has 0 saturated carbocycles. The van der Waals surface area contributed by atoms with Gasteiger partial charge in [-0.2, -0.15) is 4.98 Å². The second-order valence-corrected chi connectivity index (χ2v) is 6.27.